The first-order valence-electron chi connectivity index (χ1n) is 11.4. The largest absolute Gasteiger partial charge is 0.338 e. The van der Waals surface area contributed by atoms with Gasteiger partial charge in [-0.2, -0.15) is 5.10 Å². The van der Waals surface area contributed by atoms with Crippen LogP contribution in [0.25, 0.3) is 10.8 Å². The summed E-state index contributed by atoms with van der Waals surface area (Å²) in [5, 5.41) is 10.4. The summed E-state index contributed by atoms with van der Waals surface area (Å²) in [5.41, 5.74) is 1.72. The molecular weight excluding hydrogens is 448 g/mol. The van der Waals surface area contributed by atoms with Crippen molar-refractivity contribution in [1.82, 2.24) is 14.7 Å². The van der Waals surface area contributed by atoms with E-state index in [9.17, 15) is 9.59 Å². The molecule has 34 heavy (non-hydrogen) atoms. The van der Waals surface area contributed by atoms with E-state index < -0.39 is 0 Å². The second-order valence-electron chi connectivity index (χ2n) is 8.60. The van der Waals surface area contributed by atoms with Crippen LogP contribution in [0.2, 0.25) is 5.02 Å². The zero-order valence-corrected chi connectivity index (χ0v) is 19.4. The van der Waals surface area contributed by atoms with Crippen LogP contribution in [-0.4, -0.2) is 39.6 Å². The average Bonchev–Trinajstić information content (AvgIpc) is 3.30. The first-order valence-corrected chi connectivity index (χ1v) is 11.8. The number of fused-ring (bicyclic) bond motifs is 1. The Balaban J connectivity index is 1.27. The lowest BCUT2D eigenvalue weighted by Crippen LogP contribution is -2.43. The highest BCUT2D eigenvalue weighted by atomic mass is 35.5. The van der Waals surface area contributed by atoms with Gasteiger partial charge in [0.05, 0.1) is 18.7 Å². The summed E-state index contributed by atoms with van der Waals surface area (Å²) in [4.78, 5) is 27.8. The van der Waals surface area contributed by atoms with Crippen molar-refractivity contribution in [2.75, 3.05) is 18.4 Å². The standard InChI is InChI=1S/C27H25ClN4O2/c28-23-12-10-20(11-13-23)27(34)31-16-4-8-22(17-31)26(33)30-25-14-15-29-32(25)18-21-7-3-6-19-5-1-2-9-24(19)21/h1-3,5-7,9-15,22H,4,8,16-18H2,(H,30,33). The number of anilines is 1. The summed E-state index contributed by atoms with van der Waals surface area (Å²) in [6.07, 6.45) is 3.22. The van der Waals surface area contributed by atoms with Crippen molar-refractivity contribution in [2.24, 2.45) is 5.92 Å². The third-order valence-electron chi connectivity index (χ3n) is 6.34. The van der Waals surface area contributed by atoms with E-state index in [1.807, 2.05) is 24.3 Å². The van der Waals surface area contributed by atoms with Gasteiger partial charge in [-0.25, -0.2) is 4.68 Å². The smallest absolute Gasteiger partial charge is 0.253 e. The molecule has 6 nitrogen and oxygen atoms in total. The minimum atomic E-state index is -0.272. The van der Waals surface area contributed by atoms with E-state index in [0.717, 1.165) is 18.4 Å². The van der Waals surface area contributed by atoms with Gasteiger partial charge < -0.3 is 10.2 Å². The summed E-state index contributed by atoms with van der Waals surface area (Å²) in [5.74, 6) is 0.216. The molecule has 0 aliphatic carbocycles. The fourth-order valence-corrected chi connectivity index (χ4v) is 4.66. The number of halogens is 1. The molecule has 7 heteroatoms. The highest BCUT2D eigenvalue weighted by molar-refractivity contribution is 6.30. The van der Waals surface area contributed by atoms with Gasteiger partial charge in [-0.1, -0.05) is 54.1 Å². The monoisotopic (exact) mass is 472 g/mol. The zero-order chi connectivity index (χ0) is 23.5. The number of amides is 2. The molecule has 1 N–H and O–H groups in total. The summed E-state index contributed by atoms with van der Waals surface area (Å²) in [7, 11) is 0. The minimum absolute atomic E-state index is 0.0739. The van der Waals surface area contributed by atoms with E-state index in [1.54, 1.807) is 40.0 Å². The molecule has 1 aliphatic rings. The van der Waals surface area contributed by atoms with Crippen LogP contribution in [0, 0.1) is 5.92 Å². The van der Waals surface area contributed by atoms with Crippen molar-refractivity contribution in [3.63, 3.8) is 0 Å². The molecule has 4 aromatic rings. The predicted octanol–water partition coefficient (Wildman–Crippen LogP) is 5.23. The predicted molar refractivity (Wildman–Crippen MR) is 134 cm³/mol. The van der Waals surface area contributed by atoms with E-state index >= 15 is 0 Å². The molecule has 1 aromatic heterocycles. The molecule has 0 radical (unpaired) electrons. The number of benzene rings is 3. The molecule has 3 aromatic carbocycles. The Bertz CT molecular complexity index is 1330. The lowest BCUT2D eigenvalue weighted by atomic mass is 9.96. The first kappa shape index (κ1) is 22.2. The number of likely N-dealkylation sites (tertiary alicyclic amines) is 1. The van der Waals surface area contributed by atoms with Crippen LogP contribution in [0.4, 0.5) is 5.82 Å². The van der Waals surface area contributed by atoms with Crippen molar-refractivity contribution in [3.8, 4) is 0 Å². The maximum atomic E-state index is 13.1. The van der Waals surface area contributed by atoms with Gasteiger partial charge in [0.2, 0.25) is 5.91 Å². The SMILES string of the molecule is O=C(Nc1ccnn1Cc1cccc2ccccc12)C1CCCN(C(=O)c2ccc(Cl)cc2)C1. The summed E-state index contributed by atoms with van der Waals surface area (Å²) in [6.45, 7) is 1.59. The molecule has 0 spiro atoms. The van der Waals surface area contributed by atoms with Crippen molar-refractivity contribution in [1.29, 1.82) is 0 Å². The average molecular weight is 473 g/mol. The Morgan fingerprint density at radius 3 is 2.65 bits per heavy atom. The lowest BCUT2D eigenvalue weighted by Gasteiger charge is -2.32. The lowest BCUT2D eigenvalue weighted by molar-refractivity contribution is -0.121. The Morgan fingerprint density at radius 2 is 1.79 bits per heavy atom. The van der Waals surface area contributed by atoms with Crippen LogP contribution in [-0.2, 0) is 11.3 Å². The van der Waals surface area contributed by atoms with Gasteiger partial charge in [-0.3, -0.25) is 9.59 Å². The van der Waals surface area contributed by atoms with Gasteiger partial charge in [0.25, 0.3) is 5.91 Å². The number of hydrogen-bond donors (Lipinski definition) is 1. The Morgan fingerprint density at radius 1 is 1.00 bits per heavy atom. The number of piperidine rings is 1. The first-order chi connectivity index (χ1) is 16.6. The van der Waals surface area contributed by atoms with E-state index in [1.165, 1.54) is 10.8 Å². The fourth-order valence-electron chi connectivity index (χ4n) is 4.54. The Kier molecular flexibility index (Phi) is 6.32. The van der Waals surface area contributed by atoms with Gasteiger partial charge >= 0.3 is 0 Å². The molecule has 172 valence electrons. The third kappa shape index (κ3) is 4.68. The summed E-state index contributed by atoms with van der Waals surface area (Å²) < 4.78 is 1.80. The zero-order valence-electron chi connectivity index (χ0n) is 18.7. The maximum Gasteiger partial charge on any atom is 0.253 e. The van der Waals surface area contributed by atoms with Crippen LogP contribution in [0.15, 0.2) is 79.0 Å². The minimum Gasteiger partial charge on any atom is -0.338 e. The van der Waals surface area contributed by atoms with Crippen LogP contribution in [0.1, 0.15) is 28.8 Å². The Labute approximate surface area is 203 Å². The molecule has 1 fully saturated rings. The van der Waals surface area contributed by atoms with Crippen LogP contribution in [0.3, 0.4) is 0 Å². The van der Waals surface area contributed by atoms with Gasteiger partial charge in [0, 0.05) is 29.7 Å². The van der Waals surface area contributed by atoms with Gasteiger partial charge in [0.1, 0.15) is 5.82 Å². The topological polar surface area (TPSA) is 67.2 Å². The fraction of sp³-hybridized carbons (Fsp3) is 0.222. The van der Waals surface area contributed by atoms with Crippen molar-refractivity contribution in [3.05, 3.63) is 95.1 Å². The van der Waals surface area contributed by atoms with E-state index in [-0.39, 0.29) is 17.7 Å². The summed E-state index contributed by atoms with van der Waals surface area (Å²) >= 11 is 5.94. The number of rotatable bonds is 5. The normalized spacial score (nSPS) is 15.9. The van der Waals surface area contributed by atoms with Crippen LogP contribution >= 0.6 is 11.6 Å². The highest BCUT2D eigenvalue weighted by Gasteiger charge is 2.29. The molecule has 5 rings (SSSR count). The number of hydrogen-bond acceptors (Lipinski definition) is 3. The second kappa shape index (κ2) is 9.69. The van der Waals surface area contributed by atoms with E-state index in [4.69, 9.17) is 11.6 Å². The molecular formula is C27H25ClN4O2. The quantitative estimate of drug-likeness (QED) is 0.432. The van der Waals surface area contributed by atoms with Crippen molar-refractivity contribution in [2.45, 2.75) is 19.4 Å². The van der Waals surface area contributed by atoms with Crippen molar-refractivity contribution < 1.29 is 9.59 Å². The van der Waals surface area contributed by atoms with Crippen molar-refractivity contribution >= 4 is 40.0 Å². The highest BCUT2D eigenvalue weighted by Crippen LogP contribution is 2.23. The molecule has 2 heterocycles. The number of nitrogens with one attached hydrogen (secondary N) is 1. The van der Waals surface area contributed by atoms with Gasteiger partial charge in [-0.05, 0) is 53.4 Å². The molecule has 2 amide bonds. The number of carbonyl (C=O) groups excluding carboxylic acids is 2. The number of nitrogens with zero attached hydrogens (tertiary/aromatic N) is 3. The van der Waals surface area contributed by atoms with Crippen LogP contribution < -0.4 is 5.32 Å². The Hall–Kier alpha value is -3.64. The molecule has 0 bridgehead atoms. The second-order valence-corrected chi connectivity index (χ2v) is 9.04. The molecule has 1 atom stereocenters. The number of aromatic nitrogens is 2. The molecule has 1 aliphatic heterocycles. The van der Waals surface area contributed by atoms with Crippen LogP contribution in [0.5, 0.6) is 0 Å². The van der Waals surface area contributed by atoms with E-state index in [2.05, 4.69) is 34.7 Å². The molecule has 0 saturated carbocycles. The van der Waals surface area contributed by atoms with Gasteiger partial charge in [-0.15, -0.1) is 0 Å². The van der Waals surface area contributed by atoms with Gasteiger partial charge in [0.15, 0.2) is 0 Å². The molecule has 1 unspecified atom stereocenters. The number of carbonyl (C=O) groups is 2. The van der Waals surface area contributed by atoms with E-state index in [0.29, 0.717) is 36.0 Å². The third-order valence-corrected chi connectivity index (χ3v) is 6.59. The maximum absolute atomic E-state index is 13.1. The molecule has 1 saturated heterocycles. The summed E-state index contributed by atoms with van der Waals surface area (Å²) in [6, 6.07) is 23.1.